The zero-order chi connectivity index (χ0) is 21.0. The van der Waals surface area contributed by atoms with Crippen LogP contribution >= 0.6 is 0 Å². The molecule has 29 heavy (non-hydrogen) atoms. The molecule has 0 unspecified atom stereocenters. The van der Waals surface area contributed by atoms with Gasteiger partial charge in [0.05, 0.1) is 0 Å². The van der Waals surface area contributed by atoms with Gasteiger partial charge in [-0.25, -0.2) is 13.2 Å². The van der Waals surface area contributed by atoms with Crippen molar-refractivity contribution in [3.63, 3.8) is 0 Å². The van der Waals surface area contributed by atoms with Crippen molar-refractivity contribution in [2.45, 2.75) is 64.2 Å². The van der Waals surface area contributed by atoms with Gasteiger partial charge in [-0.2, -0.15) is 4.39 Å². The molecule has 158 valence electrons. The summed E-state index contributed by atoms with van der Waals surface area (Å²) in [5.74, 6) is -4.66. The maximum atomic E-state index is 14.3. The number of halogens is 4. The van der Waals surface area contributed by atoms with E-state index in [2.05, 4.69) is 6.92 Å². The fourth-order valence-electron chi connectivity index (χ4n) is 3.99. The Morgan fingerprint density at radius 3 is 2.21 bits per heavy atom. The second kappa shape index (κ2) is 9.19. The summed E-state index contributed by atoms with van der Waals surface area (Å²) in [4.78, 5) is 0. The minimum atomic E-state index is -3.19. The van der Waals surface area contributed by atoms with Crippen LogP contribution in [0.5, 0.6) is 5.75 Å². The van der Waals surface area contributed by atoms with Crippen LogP contribution in [0.25, 0.3) is 0 Å². The van der Waals surface area contributed by atoms with E-state index in [1.807, 2.05) is 12.1 Å². The maximum absolute atomic E-state index is 14.3. The Bertz CT molecular complexity index is 808. The second-order valence-electron chi connectivity index (χ2n) is 8.22. The third kappa shape index (κ3) is 5.52. The zero-order valence-electron chi connectivity index (χ0n) is 17.0. The van der Waals surface area contributed by atoms with Gasteiger partial charge in [-0.05, 0) is 53.9 Å². The average Bonchev–Trinajstić information content (AvgIpc) is 2.70. The Hall–Kier alpha value is -2.04. The highest BCUT2D eigenvalue weighted by molar-refractivity contribution is 5.31. The van der Waals surface area contributed by atoms with E-state index >= 15 is 0 Å². The first-order valence-electron chi connectivity index (χ1n) is 10.4. The largest absolute Gasteiger partial charge is 0.484 e. The Kier molecular flexibility index (Phi) is 6.86. The molecule has 3 rings (SSSR count). The normalized spacial score (nSPS) is 19.9. The Labute approximate surface area is 170 Å². The van der Waals surface area contributed by atoms with Gasteiger partial charge in [0, 0.05) is 6.42 Å². The lowest BCUT2D eigenvalue weighted by Crippen LogP contribution is -2.28. The van der Waals surface area contributed by atoms with Crippen molar-refractivity contribution in [2.24, 2.45) is 5.92 Å². The standard InChI is InChI=1S/C24H28F4O/c1-3-18-12-13-21(23(26)22(18)25)29-15-24(27,28)14-17-6-10-20(11-7-17)19-8-4-16(2)5-9-19/h6-7,10-13,16,19H,3-5,8-9,14-15H2,1-2H3. The molecule has 0 aliphatic heterocycles. The molecule has 2 aromatic carbocycles. The molecular formula is C24H28F4O. The molecule has 0 spiro atoms. The Balaban J connectivity index is 1.58. The third-order valence-corrected chi connectivity index (χ3v) is 5.88. The number of ether oxygens (including phenoxy) is 1. The van der Waals surface area contributed by atoms with Crippen LogP contribution in [0.15, 0.2) is 36.4 Å². The van der Waals surface area contributed by atoms with Crippen molar-refractivity contribution < 1.29 is 22.3 Å². The molecule has 1 fully saturated rings. The lowest BCUT2D eigenvalue weighted by atomic mass is 9.79. The van der Waals surface area contributed by atoms with Gasteiger partial charge in [0.25, 0.3) is 5.92 Å². The summed E-state index contributed by atoms with van der Waals surface area (Å²) in [5.41, 5.74) is 1.89. The molecule has 0 aromatic heterocycles. The van der Waals surface area contributed by atoms with Gasteiger partial charge in [0.1, 0.15) is 0 Å². The average molecular weight is 408 g/mol. The van der Waals surface area contributed by atoms with Crippen molar-refractivity contribution in [3.05, 3.63) is 64.7 Å². The second-order valence-corrected chi connectivity index (χ2v) is 8.22. The SMILES string of the molecule is CCc1ccc(OCC(F)(F)Cc2ccc(C3CCC(C)CC3)cc2)c(F)c1F. The molecule has 5 heteroatoms. The summed E-state index contributed by atoms with van der Waals surface area (Å²) >= 11 is 0. The molecular weight excluding hydrogens is 380 g/mol. The summed E-state index contributed by atoms with van der Waals surface area (Å²) in [6.45, 7) is 2.95. The fraction of sp³-hybridized carbons (Fsp3) is 0.500. The molecule has 1 saturated carbocycles. The van der Waals surface area contributed by atoms with E-state index in [0.29, 0.717) is 17.9 Å². The van der Waals surface area contributed by atoms with Gasteiger partial charge >= 0.3 is 0 Å². The molecule has 1 aliphatic carbocycles. The van der Waals surface area contributed by atoms with Gasteiger partial charge in [0.2, 0.25) is 5.82 Å². The predicted octanol–water partition coefficient (Wildman–Crippen LogP) is 7.08. The van der Waals surface area contributed by atoms with Crippen LogP contribution in [0, 0.1) is 17.6 Å². The van der Waals surface area contributed by atoms with Crippen molar-refractivity contribution in [3.8, 4) is 5.75 Å². The van der Waals surface area contributed by atoms with Crippen molar-refractivity contribution in [1.29, 1.82) is 0 Å². The van der Waals surface area contributed by atoms with Crippen LogP contribution in [-0.2, 0) is 12.8 Å². The summed E-state index contributed by atoms with van der Waals surface area (Å²) in [7, 11) is 0. The zero-order valence-corrected chi connectivity index (χ0v) is 17.0. The Morgan fingerprint density at radius 2 is 1.59 bits per heavy atom. The molecule has 0 N–H and O–H groups in total. The Morgan fingerprint density at radius 1 is 0.931 bits per heavy atom. The van der Waals surface area contributed by atoms with E-state index in [4.69, 9.17) is 4.74 Å². The summed E-state index contributed by atoms with van der Waals surface area (Å²) in [6, 6.07) is 9.90. The highest BCUT2D eigenvalue weighted by atomic mass is 19.3. The van der Waals surface area contributed by atoms with Crippen LogP contribution in [0.4, 0.5) is 17.6 Å². The van der Waals surface area contributed by atoms with Gasteiger partial charge < -0.3 is 4.74 Å². The van der Waals surface area contributed by atoms with E-state index in [9.17, 15) is 17.6 Å². The first kappa shape index (κ1) is 21.7. The molecule has 0 heterocycles. The van der Waals surface area contributed by atoms with Crippen LogP contribution < -0.4 is 4.74 Å². The number of alkyl halides is 2. The first-order chi connectivity index (χ1) is 13.8. The minimum Gasteiger partial charge on any atom is -0.484 e. The summed E-state index contributed by atoms with van der Waals surface area (Å²) < 4.78 is 61.3. The topological polar surface area (TPSA) is 9.23 Å². The summed E-state index contributed by atoms with van der Waals surface area (Å²) in [6.07, 6.45) is 4.50. The lowest BCUT2D eigenvalue weighted by molar-refractivity contribution is -0.0410. The highest BCUT2D eigenvalue weighted by Gasteiger charge is 2.31. The first-order valence-corrected chi connectivity index (χ1v) is 10.4. The van der Waals surface area contributed by atoms with Crippen molar-refractivity contribution in [1.82, 2.24) is 0 Å². The fourth-order valence-corrected chi connectivity index (χ4v) is 3.99. The van der Waals surface area contributed by atoms with Crippen molar-refractivity contribution >= 4 is 0 Å². The van der Waals surface area contributed by atoms with Crippen LogP contribution in [0.3, 0.4) is 0 Å². The van der Waals surface area contributed by atoms with E-state index < -0.39 is 36.3 Å². The minimum absolute atomic E-state index is 0.189. The molecule has 0 radical (unpaired) electrons. The van der Waals surface area contributed by atoms with E-state index in [0.717, 1.165) is 18.8 Å². The number of aryl methyl sites for hydroxylation is 1. The number of hydrogen-bond acceptors (Lipinski definition) is 1. The van der Waals surface area contributed by atoms with Gasteiger partial charge in [-0.15, -0.1) is 0 Å². The van der Waals surface area contributed by atoms with Gasteiger partial charge in [-0.3, -0.25) is 0 Å². The quantitative estimate of drug-likeness (QED) is 0.445. The lowest BCUT2D eigenvalue weighted by Gasteiger charge is -2.26. The van der Waals surface area contributed by atoms with Gasteiger partial charge in [-0.1, -0.05) is 57.0 Å². The predicted molar refractivity (Wildman–Crippen MR) is 107 cm³/mol. The molecule has 0 bridgehead atoms. The maximum Gasteiger partial charge on any atom is 0.285 e. The third-order valence-electron chi connectivity index (χ3n) is 5.88. The smallest absolute Gasteiger partial charge is 0.285 e. The molecule has 0 saturated heterocycles. The number of benzene rings is 2. The van der Waals surface area contributed by atoms with Gasteiger partial charge in [0.15, 0.2) is 18.2 Å². The highest BCUT2D eigenvalue weighted by Crippen LogP contribution is 2.36. The summed E-state index contributed by atoms with van der Waals surface area (Å²) in [5, 5.41) is 0. The monoisotopic (exact) mass is 408 g/mol. The van der Waals surface area contributed by atoms with Crippen LogP contribution in [0.1, 0.15) is 62.1 Å². The molecule has 0 atom stereocenters. The van der Waals surface area contributed by atoms with E-state index in [1.54, 1.807) is 19.1 Å². The van der Waals surface area contributed by atoms with Crippen molar-refractivity contribution in [2.75, 3.05) is 6.61 Å². The molecule has 0 amide bonds. The van der Waals surface area contributed by atoms with E-state index in [-0.39, 0.29) is 5.56 Å². The molecule has 2 aromatic rings. The molecule has 1 aliphatic rings. The number of rotatable bonds is 7. The molecule has 1 nitrogen and oxygen atoms in total. The van der Waals surface area contributed by atoms with E-state index in [1.165, 1.54) is 30.5 Å². The van der Waals surface area contributed by atoms with Crippen LogP contribution in [0.2, 0.25) is 0 Å². The van der Waals surface area contributed by atoms with Crippen LogP contribution in [-0.4, -0.2) is 12.5 Å². The number of hydrogen-bond donors (Lipinski definition) is 0.